The highest BCUT2D eigenvalue weighted by atomic mass is 16.5. The number of hydrogen-bond acceptors (Lipinski definition) is 7. The van der Waals surface area contributed by atoms with Gasteiger partial charge in [-0.1, -0.05) is 41.5 Å². The molecule has 200 valence electrons. The highest BCUT2D eigenvalue weighted by molar-refractivity contribution is 5.94. The van der Waals surface area contributed by atoms with E-state index in [-0.39, 0.29) is 24.2 Å². The van der Waals surface area contributed by atoms with Crippen molar-refractivity contribution in [3.8, 4) is 23.0 Å². The van der Waals surface area contributed by atoms with E-state index in [0.29, 0.717) is 52.2 Å². The molecule has 4 N–H and O–H groups in total. The van der Waals surface area contributed by atoms with Crippen LogP contribution in [0.3, 0.4) is 0 Å². The van der Waals surface area contributed by atoms with Crippen molar-refractivity contribution in [2.24, 2.45) is 5.73 Å². The van der Waals surface area contributed by atoms with Gasteiger partial charge in [-0.15, -0.1) is 0 Å². The fourth-order valence-corrected chi connectivity index (χ4v) is 4.31. The zero-order valence-corrected chi connectivity index (χ0v) is 21.9. The zero-order valence-electron chi connectivity index (χ0n) is 21.9. The van der Waals surface area contributed by atoms with Crippen molar-refractivity contribution in [1.82, 2.24) is 0 Å². The lowest BCUT2D eigenvalue weighted by Crippen LogP contribution is -2.47. The number of rotatable bonds is 9. The van der Waals surface area contributed by atoms with Crippen LogP contribution in [0.5, 0.6) is 23.0 Å². The van der Waals surface area contributed by atoms with Crippen LogP contribution < -0.4 is 20.6 Å². The van der Waals surface area contributed by atoms with Crippen molar-refractivity contribution in [2.45, 2.75) is 32.2 Å². The van der Waals surface area contributed by atoms with E-state index in [1.165, 1.54) is 0 Å². The SMILES string of the molecule is Cc1ccc(Oc2ccc3c(=O)c4cc(CCC(N)(CO)CO)ccc4oc3c2Oc2ccc(C)cc2)cc1. The van der Waals surface area contributed by atoms with E-state index in [0.717, 1.165) is 16.7 Å². The number of fused-ring (bicyclic) bond motifs is 2. The third-order valence-electron chi connectivity index (χ3n) is 6.85. The van der Waals surface area contributed by atoms with Crippen LogP contribution in [0.25, 0.3) is 21.9 Å². The first kappa shape index (κ1) is 26.4. The summed E-state index contributed by atoms with van der Waals surface area (Å²) >= 11 is 0. The molecule has 0 bridgehead atoms. The molecule has 0 spiro atoms. The van der Waals surface area contributed by atoms with Crippen LogP contribution in [0.15, 0.2) is 88.1 Å². The van der Waals surface area contributed by atoms with Gasteiger partial charge >= 0.3 is 0 Å². The van der Waals surface area contributed by atoms with Crippen molar-refractivity contribution in [2.75, 3.05) is 13.2 Å². The Morgan fingerprint density at radius 2 is 1.41 bits per heavy atom. The predicted octanol–water partition coefficient (Wildman–Crippen LogP) is 5.76. The summed E-state index contributed by atoms with van der Waals surface area (Å²) in [6.07, 6.45) is 0.842. The van der Waals surface area contributed by atoms with Crippen LogP contribution in [0.4, 0.5) is 0 Å². The van der Waals surface area contributed by atoms with Gasteiger partial charge < -0.3 is 29.8 Å². The van der Waals surface area contributed by atoms with Crippen LogP contribution in [-0.2, 0) is 6.42 Å². The second-order valence-corrected chi connectivity index (χ2v) is 10.0. The molecule has 0 aliphatic rings. The summed E-state index contributed by atoms with van der Waals surface area (Å²) < 4.78 is 18.8. The first-order valence-corrected chi connectivity index (χ1v) is 12.8. The molecular formula is C32H31NO6. The maximum Gasteiger partial charge on any atom is 0.213 e. The van der Waals surface area contributed by atoms with Gasteiger partial charge in [0.15, 0.2) is 11.3 Å². The number of nitrogens with two attached hydrogens (primary N) is 1. The molecule has 7 heteroatoms. The van der Waals surface area contributed by atoms with Gasteiger partial charge in [-0.2, -0.15) is 0 Å². The third kappa shape index (κ3) is 5.66. The van der Waals surface area contributed by atoms with Gasteiger partial charge in [0.05, 0.1) is 29.5 Å². The van der Waals surface area contributed by atoms with E-state index in [1.807, 2.05) is 68.4 Å². The van der Waals surface area contributed by atoms with Gasteiger partial charge in [0.1, 0.15) is 17.1 Å². The zero-order chi connectivity index (χ0) is 27.6. The third-order valence-corrected chi connectivity index (χ3v) is 6.85. The summed E-state index contributed by atoms with van der Waals surface area (Å²) in [5.74, 6) is 1.93. The molecule has 0 amide bonds. The monoisotopic (exact) mass is 525 g/mol. The van der Waals surface area contributed by atoms with E-state index >= 15 is 0 Å². The van der Waals surface area contributed by atoms with Gasteiger partial charge in [0.25, 0.3) is 0 Å². The first-order chi connectivity index (χ1) is 18.8. The highest BCUT2D eigenvalue weighted by Gasteiger charge is 2.23. The van der Waals surface area contributed by atoms with Crippen LogP contribution >= 0.6 is 0 Å². The van der Waals surface area contributed by atoms with E-state index in [1.54, 1.807) is 24.3 Å². The number of hydrogen-bond donors (Lipinski definition) is 3. The summed E-state index contributed by atoms with van der Waals surface area (Å²) in [7, 11) is 0. The second-order valence-electron chi connectivity index (χ2n) is 10.0. The summed E-state index contributed by atoms with van der Waals surface area (Å²) in [6.45, 7) is 3.33. The minimum absolute atomic E-state index is 0.202. The van der Waals surface area contributed by atoms with Crippen molar-refractivity contribution in [3.05, 3.63) is 106 Å². The van der Waals surface area contributed by atoms with Crippen LogP contribution in [0.1, 0.15) is 23.1 Å². The van der Waals surface area contributed by atoms with E-state index in [2.05, 4.69) is 0 Å². The molecule has 0 radical (unpaired) electrons. The molecule has 1 heterocycles. The van der Waals surface area contributed by atoms with Gasteiger partial charge in [0.2, 0.25) is 11.2 Å². The topological polar surface area (TPSA) is 115 Å². The van der Waals surface area contributed by atoms with Crippen LogP contribution in [0.2, 0.25) is 0 Å². The smallest absolute Gasteiger partial charge is 0.213 e. The molecule has 7 nitrogen and oxygen atoms in total. The Morgan fingerprint density at radius 1 is 0.795 bits per heavy atom. The van der Waals surface area contributed by atoms with Gasteiger partial charge in [0, 0.05) is 0 Å². The number of ether oxygens (including phenoxy) is 2. The maximum absolute atomic E-state index is 13.6. The van der Waals surface area contributed by atoms with Crippen LogP contribution in [-0.4, -0.2) is 29.0 Å². The Labute approximate surface area is 226 Å². The fraction of sp³-hybridized carbons (Fsp3) is 0.219. The molecule has 4 aromatic carbocycles. The van der Waals surface area contributed by atoms with Gasteiger partial charge in [-0.25, -0.2) is 0 Å². The Hall–Kier alpha value is -4.17. The minimum Gasteiger partial charge on any atom is -0.453 e. The summed E-state index contributed by atoms with van der Waals surface area (Å²) in [5, 5.41) is 19.8. The normalized spacial score (nSPS) is 11.7. The van der Waals surface area contributed by atoms with Crippen LogP contribution in [0, 0.1) is 13.8 Å². The number of aliphatic hydroxyl groups is 2. The van der Waals surface area contributed by atoms with Crippen molar-refractivity contribution in [3.63, 3.8) is 0 Å². The largest absolute Gasteiger partial charge is 0.453 e. The molecule has 0 aliphatic heterocycles. The Kier molecular flexibility index (Phi) is 7.39. The Balaban J connectivity index is 1.61. The van der Waals surface area contributed by atoms with Gasteiger partial charge in [-0.3, -0.25) is 4.79 Å². The fourth-order valence-electron chi connectivity index (χ4n) is 4.31. The van der Waals surface area contributed by atoms with Crippen molar-refractivity contribution >= 4 is 21.9 Å². The highest BCUT2D eigenvalue weighted by Crippen LogP contribution is 2.41. The number of aliphatic hydroxyl groups excluding tert-OH is 2. The lowest BCUT2D eigenvalue weighted by Gasteiger charge is -2.24. The van der Waals surface area contributed by atoms with Crippen molar-refractivity contribution in [1.29, 1.82) is 0 Å². The number of benzene rings is 4. The molecule has 0 saturated carbocycles. The molecular weight excluding hydrogens is 494 g/mol. The van der Waals surface area contributed by atoms with E-state index in [9.17, 15) is 15.0 Å². The second kappa shape index (κ2) is 10.9. The Bertz CT molecular complexity index is 1670. The minimum atomic E-state index is -1.08. The lowest BCUT2D eigenvalue weighted by atomic mass is 9.93. The van der Waals surface area contributed by atoms with E-state index in [4.69, 9.17) is 19.6 Å². The molecule has 1 aromatic heterocycles. The number of aryl methyl sites for hydroxylation is 3. The molecule has 5 rings (SSSR count). The molecule has 5 aromatic rings. The predicted molar refractivity (Wildman–Crippen MR) is 152 cm³/mol. The first-order valence-electron chi connectivity index (χ1n) is 12.8. The summed E-state index contributed by atoms with van der Waals surface area (Å²) in [4.78, 5) is 13.6. The lowest BCUT2D eigenvalue weighted by molar-refractivity contribution is 0.115. The Morgan fingerprint density at radius 3 is 2.03 bits per heavy atom. The molecule has 39 heavy (non-hydrogen) atoms. The molecule has 0 atom stereocenters. The maximum atomic E-state index is 13.6. The van der Waals surface area contributed by atoms with Gasteiger partial charge in [-0.05, 0) is 80.8 Å². The summed E-state index contributed by atoms with van der Waals surface area (Å²) in [6, 6.07) is 24.0. The van der Waals surface area contributed by atoms with E-state index < -0.39 is 5.54 Å². The molecule has 0 saturated heterocycles. The molecule has 0 unspecified atom stereocenters. The average Bonchev–Trinajstić information content (AvgIpc) is 2.95. The molecule has 0 aliphatic carbocycles. The van der Waals surface area contributed by atoms with Crippen molar-refractivity contribution < 1.29 is 24.1 Å². The average molecular weight is 526 g/mol. The standard InChI is InChI=1S/C32H31NO6/c1-20-3-8-23(9-4-20)37-28-14-12-25-29(36)26-17-22(15-16-32(33,18-34)19-35)7-13-27(26)39-30(25)31(28)38-24-10-5-21(2)6-11-24/h3-14,17,34-35H,15-16,18-19,33H2,1-2H3. The quantitative estimate of drug-likeness (QED) is 0.210. The molecule has 0 fully saturated rings. The summed E-state index contributed by atoms with van der Waals surface area (Å²) in [5.41, 5.74) is 8.47.